The summed E-state index contributed by atoms with van der Waals surface area (Å²) >= 11 is 0. The van der Waals surface area contributed by atoms with E-state index in [0.29, 0.717) is 32.7 Å². The van der Waals surface area contributed by atoms with Crippen LogP contribution in [-0.2, 0) is 17.8 Å². The number of ether oxygens (including phenoxy) is 1. The first-order valence-corrected chi connectivity index (χ1v) is 18.1. The highest BCUT2D eigenvalue weighted by Gasteiger charge is 2.27. The number of hydrogen-bond donors (Lipinski definition) is 3. The lowest BCUT2D eigenvalue weighted by Gasteiger charge is -2.36. The topological polar surface area (TPSA) is 112 Å². The number of nitrogens with zero attached hydrogens (tertiary/aromatic N) is 4. The van der Waals surface area contributed by atoms with E-state index in [4.69, 9.17) is 10.5 Å². The number of para-hydroxylation sites is 2. The summed E-state index contributed by atoms with van der Waals surface area (Å²) in [6, 6.07) is 32.6. The van der Waals surface area contributed by atoms with Gasteiger partial charge in [-0.2, -0.15) is 0 Å². The van der Waals surface area contributed by atoms with Gasteiger partial charge in [-0.05, 0) is 75.4 Å². The van der Waals surface area contributed by atoms with Crippen LogP contribution in [0.1, 0.15) is 58.6 Å². The van der Waals surface area contributed by atoms with Crippen molar-refractivity contribution in [2.24, 2.45) is 0 Å². The number of aromatic amines is 1. The van der Waals surface area contributed by atoms with E-state index in [0.717, 1.165) is 53.3 Å². The zero-order valence-electron chi connectivity index (χ0n) is 30.1. The minimum atomic E-state index is -0.499. The number of rotatable bonds is 7. The van der Waals surface area contributed by atoms with Crippen molar-refractivity contribution in [3.05, 3.63) is 119 Å². The molecule has 1 aromatic heterocycles. The molecule has 2 saturated heterocycles. The number of carbonyl (C=O) groups excluding carboxylic acids is 1. The predicted molar refractivity (Wildman–Crippen MR) is 216 cm³/mol. The lowest BCUT2D eigenvalue weighted by Crippen LogP contribution is -2.50. The maximum absolute atomic E-state index is 12.7. The Labute approximate surface area is 308 Å². The van der Waals surface area contributed by atoms with Gasteiger partial charge in [0.2, 0.25) is 0 Å². The number of carbonyl (C=O) groups is 1. The molecule has 0 aliphatic carbocycles. The molecule has 10 nitrogen and oxygen atoms in total. The van der Waals surface area contributed by atoms with E-state index in [9.17, 15) is 9.59 Å². The van der Waals surface area contributed by atoms with Crippen LogP contribution in [-0.4, -0.2) is 65.4 Å². The van der Waals surface area contributed by atoms with E-state index < -0.39 is 5.60 Å². The fourth-order valence-corrected chi connectivity index (χ4v) is 6.72. The number of piperidine rings is 1. The van der Waals surface area contributed by atoms with Gasteiger partial charge in [-0.15, -0.1) is 0 Å². The molecule has 0 unspecified atom stereocenters. The molecule has 4 aromatic carbocycles. The largest absolute Gasteiger partial charge is 0.444 e. The number of H-pyrrole nitrogens is 1. The number of benzene rings is 4. The second-order valence-corrected chi connectivity index (χ2v) is 14.3. The Morgan fingerprint density at radius 3 is 2.00 bits per heavy atom. The summed E-state index contributed by atoms with van der Waals surface area (Å²) in [5, 5.41) is 3.46. The molecule has 2 fully saturated rings. The van der Waals surface area contributed by atoms with Gasteiger partial charge in [0.1, 0.15) is 5.60 Å². The third-order valence-corrected chi connectivity index (χ3v) is 9.35. The van der Waals surface area contributed by atoms with Gasteiger partial charge >= 0.3 is 11.8 Å². The lowest BCUT2D eigenvalue weighted by atomic mass is 10.1. The number of hydrogen-bond acceptors (Lipinski definition) is 7. The molecule has 1 amide bonds. The van der Waals surface area contributed by atoms with Crippen LogP contribution in [0.2, 0.25) is 0 Å². The van der Waals surface area contributed by atoms with Gasteiger partial charge in [0.15, 0.2) is 0 Å². The molecule has 0 spiro atoms. The van der Waals surface area contributed by atoms with Gasteiger partial charge in [0, 0.05) is 45.8 Å². The molecule has 0 radical (unpaired) electrons. The summed E-state index contributed by atoms with van der Waals surface area (Å²) in [6.07, 6.45) is 3.59. The molecular formula is C42H55N7O3. The van der Waals surface area contributed by atoms with E-state index in [1.54, 1.807) is 9.47 Å². The first-order valence-electron chi connectivity index (χ1n) is 18.1. The molecule has 5 aromatic rings. The van der Waals surface area contributed by atoms with E-state index in [1.165, 1.54) is 30.5 Å². The van der Waals surface area contributed by atoms with Gasteiger partial charge in [0.25, 0.3) is 0 Å². The number of aromatic nitrogens is 2. The van der Waals surface area contributed by atoms with Crippen LogP contribution in [0.5, 0.6) is 0 Å². The number of nitrogens with one attached hydrogen (secondary N) is 2. The Hall–Kier alpha value is -5.38. The number of piperazine rings is 1. The quantitative estimate of drug-likeness (QED) is 0.148. The third kappa shape index (κ3) is 9.48. The monoisotopic (exact) mass is 705 g/mol. The van der Waals surface area contributed by atoms with Crippen molar-refractivity contribution >= 4 is 39.9 Å². The van der Waals surface area contributed by atoms with Crippen LogP contribution < -0.4 is 26.5 Å². The maximum Gasteiger partial charge on any atom is 0.410 e. The average Bonchev–Trinajstić information content (AvgIpc) is 3.46. The van der Waals surface area contributed by atoms with Crippen molar-refractivity contribution in [3.8, 4) is 0 Å². The molecule has 2 aliphatic rings. The Balaban J connectivity index is 0.000000209. The van der Waals surface area contributed by atoms with Gasteiger partial charge in [-0.25, -0.2) is 9.59 Å². The number of nitrogens with two attached hydrogens (primary N) is 1. The zero-order valence-corrected chi connectivity index (χ0v) is 30.1. The lowest BCUT2D eigenvalue weighted by molar-refractivity contribution is 0.0240. The van der Waals surface area contributed by atoms with E-state index in [-0.39, 0.29) is 19.2 Å². The zero-order chi connectivity index (χ0) is 35.8. The van der Waals surface area contributed by atoms with Crippen molar-refractivity contribution in [1.82, 2.24) is 14.5 Å². The number of fused-ring (bicyclic) bond motifs is 1. The smallest absolute Gasteiger partial charge is 0.410 e. The fourth-order valence-electron chi connectivity index (χ4n) is 6.72. The summed E-state index contributed by atoms with van der Waals surface area (Å²) in [6.45, 7) is 11.7. The maximum atomic E-state index is 12.7. The van der Waals surface area contributed by atoms with E-state index in [2.05, 4.69) is 62.6 Å². The average molecular weight is 706 g/mol. The van der Waals surface area contributed by atoms with Gasteiger partial charge in [-0.1, -0.05) is 80.2 Å². The Kier molecular flexibility index (Phi) is 12.5. The normalized spacial score (nSPS) is 14.6. The minimum Gasteiger partial charge on any atom is -0.444 e. The molecule has 0 saturated carbocycles. The van der Waals surface area contributed by atoms with Crippen LogP contribution in [0, 0.1) is 0 Å². The molecule has 7 rings (SSSR count). The fraction of sp³-hybridized carbons (Fsp3) is 0.381. The summed E-state index contributed by atoms with van der Waals surface area (Å²) in [7, 11) is 0. The van der Waals surface area contributed by atoms with Crippen LogP contribution in [0.3, 0.4) is 0 Å². The van der Waals surface area contributed by atoms with Crippen molar-refractivity contribution in [2.45, 2.75) is 66.2 Å². The Bertz CT molecular complexity index is 1940. The highest BCUT2D eigenvalue weighted by Crippen LogP contribution is 2.32. The first kappa shape index (κ1) is 37.9. The highest BCUT2D eigenvalue weighted by molar-refractivity contribution is 5.89. The standard InChI is InChI=1S/C23H28N4O3.C18H23N3.CH4/c1-23(2,3)30-22(29)26-14-12-25(13-15-26)18-10-7-11-19-20(18)24-21(28)27(19)16-17-8-5-4-6-9-17;19-18-16(20-14-15-8-3-1-4-9-15)10-7-11-17(18)21-12-5-2-6-13-21;/h4-11H,12-16H2,1-3H3,(H,24,28);1,3-4,7-11,20H,2,5-6,12-14,19H2;1H4. The summed E-state index contributed by atoms with van der Waals surface area (Å²) < 4.78 is 7.25. The Morgan fingerprint density at radius 1 is 0.750 bits per heavy atom. The highest BCUT2D eigenvalue weighted by atomic mass is 16.6. The summed E-state index contributed by atoms with van der Waals surface area (Å²) in [5.41, 5.74) is 13.9. The van der Waals surface area contributed by atoms with Crippen molar-refractivity contribution in [3.63, 3.8) is 0 Å². The minimum absolute atomic E-state index is 0. The van der Waals surface area contributed by atoms with Crippen LogP contribution in [0.4, 0.5) is 27.5 Å². The van der Waals surface area contributed by atoms with E-state index in [1.807, 2.05) is 75.4 Å². The SMILES string of the molecule is C.CC(C)(C)OC(=O)N1CCN(c2cccc3c2[nH]c(=O)n3Cc2ccccc2)CC1.Nc1c(NCc2ccccc2)cccc1N1CCCCC1. The number of nitrogen functional groups attached to an aromatic ring is 1. The number of amides is 1. The predicted octanol–water partition coefficient (Wildman–Crippen LogP) is 7.94. The Morgan fingerprint density at radius 2 is 1.35 bits per heavy atom. The van der Waals surface area contributed by atoms with Crippen LogP contribution in [0.25, 0.3) is 11.0 Å². The van der Waals surface area contributed by atoms with E-state index >= 15 is 0 Å². The van der Waals surface area contributed by atoms with Gasteiger partial charge < -0.3 is 35.5 Å². The molecule has 2 aliphatic heterocycles. The van der Waals surface area contributed by atoms with Crippen molar-refractivity contribution < 1.29 is 9.53 Å². The summed E-state index contributed by atoms with van der Waals surface area (Å²) in [4.78, 5) is 34.4. The number of imidazole rings is 1. The molecule has 3 heterocycles. The van der Waals surface area contributed by atoms with Crippen molar-refractivity contribution in [2.75, 3.05) is 60.1 Å². The molecular weight excluding hydrogens is 651 g/mol. The molecule has 10 heteroatoms. The van der Waals surface area contributed by atoms with Crippen LogP contribution in [0.15, 0.2) is 102 Å². The molecule has 4 N–H and O–H groups in total. The van der Waals surface area contributed by atoms with Crippen molar-refractivity contribution in [1.29, 1.82) is 0 Å². The number of anilines is 4. The molecule has 0 atom stereocenters. The molecule has 0 bridgehead atoms. The van der Waals surface area contributed by atoms with Gasteiger partial charge in [-0.3, -0.25) is 4.57 Å². The second-order valence-electron chi connectivity index (χ2n) is 14.3. The van der Waals surface area contributed by atoms with Gasteiger partial charge in [0.05, 0.1) is 40.3 Å². The first-order chi connectivity index (χ1) is 24.7. The molecule has 52 heavy (non-hydrogen) atoms. The summed E-state index contributed by atoms with van der Waals surface area (Å²) in [5.74, 6) is 0. The molecule has 276 valence electrons. The van der Waals surface area contributed by atoms with Crippen LogP contribution >= 0.6 is 0 Å². The second kappa shape index (κ2) is 17.2. The third-order valence-electron chi connectivity index (χ3n) is 9.35.